The third kappa shape index (κ3) is 3.94. The predicted molar refractivity (Wildman–Crippen MR) is 101 cm³/mol. The quantitative estimate of drug-likeness (QED) is 0.539. The highest BCUT2D eigenvalue weighted by Gasteiger charge is 2.30. The lowest BCUT2D eigenvalue weighted by Crippen LogP contribution is -2.05. The molecule has 6 heteroatoms. The maximum atomic E-state index is 13.0. The molecule has 3 rings (SSSR count). The molecule has 0 atom stereocenters. The maximum absolute atomic E-state index is 13.0. The van der Waals surface area contributed by atoms with Crippen LogP contribution in [0.25, 0.3) is 22.0 Å². The minimum atomic E-state index is -4.35. The van der Waals surface area contributed by atoms with Crippen molar-refractivity contribution in [3.8, 4) is 16.9 Å². The Morgan fingerprint density at radius 1 is 1.11 bits per heavy atom. The van der Waals surface area contributed by atoms with Gasteiger partial charge in [0.15, 0.2) is 0 Å². The van der Waals surface area contributed by atoms with Crippen molar-refractivity contribution in [2.24, 2.45) is 5.92 Å². The Morgan fingerprint density at radius 3 is 2.41 bits per heavy atom. The third-order valence-electron chi connectivity index (χ3n) is 4.67. The molecule has 3 aromatic rings. The molecule has 0 aliphatic heterocycles. The summed E-state index contributed by atoms with van der Waals surface area (Å²) in [5.41, 5.74) is 2.19. The van der Waals surface area contributed by atoms with Crippen molar-refractivity contribution in [2.45, 2.75) is 39.9 Å². The first-order valence-corrected chi connectivity index (χ1v) is 8.93. The zero-order valence-corrected chi connectivity index (χ0v) is 15.9. The van der Waals surface area contributed by atoms with Gasteiger partial charge < -0.3 is 4.74 Å². The van der Waals surface area contributed by atoms with Gasteiger partial charge in [-0.05, 0) is 54.7 Å². The number of aryl methyl sites for hydroxylation is 2. The molecule has 1 aromatic heterocycles. The summed E-state index contributed by atoms with van der Waals surface area (Å²) < 4.78 is 46.4. The number of ether oxygens (including phenoxy) is 1. The van der Waals surface area contributed by atoms with Gasteiger partial charge in [0.05, 0.1) is 23.6 Å². The van der Waals surface area contributed by atoms with Crippen LogP contribution in [0.5, 0.6) is 5.75 Å². The molecule has 27 heavy (non-hydrogen) atoms. The van der Waals surface area contributed by atoms with Gasteiger partial charge in [-0.3, -0.25) is 4.68 Å². The van der Waals surface area contributed by atoms with E-state index in [-0.39, 0.29) is 0 Å². The summed E-state index contributed by atoms with van der Waals surface area (Å²) in [6.07, 6.45) is -1.39. The fourth-order valence-electron chi connectivity index (χ4n) is 3.20. The number of methoxy groups -OCH3 is 1. The van der Waals surface area contributed by atoms with Crippen LogP contribution in [0.2, 0.25) is 0 Å². The van der Waals surface area contributed by atoms with Crippen molar-refractivity contribution in [1.82, 2.24) is 9.78 Å². The molecule has 0 radical (unpaired) electrons. The zero-order chi connectivity index (χ0) is 19.8. The van der Waals surface area contributed by atoms with Crippen LogP contribution in [0.1, 0.15) is 31.4 Å². The van der Waals surface area contributed by atoms with Crippen LogP contribution in [0.3, 0.4) is 0 Å². The Hall–Kier alpha value is -2.50. The topological polar surface area (TPSA) is 27.1 Å². The van der Waals surface area contributed by atoms with Gasteiger partial charge in [0, 0.05) is 18.3 Å². The summed E-state index contributed by atoms with van der Waals surface area (Å²) >= 11 is 0. The van der Waals surface area contributed by atoms with Crippen LogP contribution in [-0.2, 0) is 12.7 Å². The van der Waals surface area contributed by atoms with Gasteiger partial charge in [0.2, 0.25) is 0 Å². The zero-order valence-electron chi connectivity index (χ0n) is 15.9. The van der Waals surface area contributed by atoms with Crippen molar-refractivity contribution >= 4 is 10.9 Å². The van der Waals surface area contributed by atoms with E-state index in [0.29, 0.717) is 17.2 Å². The fraction of sp³-hybridized carbons (Fsp3) is 0.381. The molecular weight excluding hydrogens is 353 g/mol. The van der Waals surface area contributed by atoms with E-state index in [9.17, 15) is 13.2 Å². The lowest BCUT2D eigenvalue weighted by Gasteiger charge is -2.14. The monoisotopic (exact) mass is 376 g/mol. The molecule has 0 saturated carbocycles. The van der Waals surface area contributed by atoms with E-state index < -0.39 is 11.7 Å². The van der Waals surface area contributed by atoms with Crippen LogP contribution in [-0.4, -0.2) is 16.9 Å². The molecule has 0 saturated heterocycles. The smallest absolute Gasteiger partial charge is 0.416 e. The van der Waals surface area contributed by atoms with Crippen molar-refractivity contribution in [3.05, 3.63) is 47.7 Å². The number of alkyl halides is 3. The Balaban J connectivity index is 2.07. The molecule has 2 aromatic carbocycles. The maximum Gasteiger partial charge on any atom is 0.416 e. The number of benzene rings is 2. The van der Waals surface area contributed by atoms with E-state index >= 15 is 0 Å². The number of rotatable bonds is 5. The Bertz CT molecular complexity index is 958. The lowest BCUT2D eigenvalue weighted by molar-refractivity contribution is -0.137. The molecule has 3 nitrogen and oxygen atoms in total. The summed E-state index contributed by atoms with van der Waals surface area (Å²) in [7, 11) is 1.57. The molecular formula is C21H23F3N2O. The van der Waals surface area contributed by atoms with Gasteiger partial charge >= 0.3 is 6.18 Å². The molecule has 144 valence electrons. The minimum absolute atomic E-state index is 0.551. The number of hydrogen-bond donors (Lipinski definition) is 0. The highest BCUT2D eigenvalue weighted by atomic mass is 19.4. The van der Waals surface area contributed by atoms with Crippen molar-refractivity contribution in [3.63, 3.8) is 0 Å². The SMILES string of the molecule is COc1c(-c2ccc(C(F)(F)F)cc2C)ccc2nn(CCC(C)C)cc12. The highest BCUT2D eigenvalue weighted by Crippen LogP contribution is 2.39. The number of hydrogen-bond acceptors (Lipinski definition) is 2. The van der Waals surface area contributed by atoms with Gasteiger partial charge in [0.1, 0.15) is 5.75 Å². The molecule has 0 aliphatic carbocycles. The number of nitrogens with zero attached hydrogens (tertiary/aromatic N) is 2. The Kier molecular flexibility index (Phi) is 5.18. The van der Waals surface area contributed by atoms with E-state index in [1.807, 2.05) is 23.0 Å². The number of aromatic nitrogens is 2. The van der Waals surface area contributed by atoms with Crippen LogP contribution in [0.4, 0.5) is 13.2 Å². The second-order valence-electron chi connectivity index (χ2n) is 7.18. The Morgan fingerprint density at radius 2 is 1.81 bits per heavy atom. The van der Waals surface area contributed by atoms with Crippen molar-refractivity contribution in [1.29, 1.82) is 0 Å². The Labute approximate surface area is 156 Å². The van der Waals surface area contributed by atoms with Gasteiger partial charge in [-0.25, -0.2) is 0 Å². The third-order valence-corrected chi connectivity index (χ3v) is 4.67. The predicted octanol–water partition coefficient (Wildman–Crippen LogP) is 6.09. The number of fused-ring (bicyclic) bond motifs is 1. The summed E-state index contributed by atoms with van der Waals surface area (Å²) in [4.78, 5) is 0. The molecule has 0 N–H and O–H groups in total. The van der Waals surface area contributed by atoms with Crippen molar-refractivity contribution < 1.29 is 17.9 Å². The van der Waals surface area contributed by atoms with E-state index in [2.05, 4.69) is 18.9 Å². The summed E-state index contributed by atoms with van der Waals surface area (Å²) in [6, 6.07) is 7.53. The number of halogens is 3. The molecule has 1 heterocycles. The van der Waals surface area contributed by atoms with Gasteiger partial charge in [-0.15, -0.1) is 0 Å². The first-order valence-electron chi connectivity index (χ1n) is 8.93. The molecule has 0 aliphatic rings. The second-order valence-corrected chi connectivity index (χ2v) is 7.18. The molecule has 0 spiro atoms. The molecule has 0 fully saturated rings. The first-order chi connectivity index (χ1) is 12.7. The fourth-order valence-corrected chi connectivity index (χ4v) is 3.20. The van der Waals surface area contributed by atoms with Crippen LogP contribution in [0, 0.1) is 12.8 Å². The summed E-state index contributed by atoms with van der Waals surface area (Å²) in [5, 5.41) is 5.44. The summed E-state index contributed by atoms with van der Waals surface area (Å²) in [5.74, 6) is 1.20. The normalized spacial score (nSPS) is 12.1. The van der Waals surface area contributed by atoms with Crippen LogP contribution >= 0.6 is 0 Å². The van der Waals surface area contributed by atoms with Crippen molar-refractivity contribution in [2.75, 3.05) is 7.11 Å². The molecule has 0 bridgehead atoms. The minimum Gasteiger partial charge on any atom is -0.495 e. The van der Waals surface area contributed by atoms with E-state index in [1.165, 1.54) is 12.1 Å². The van der Waals surface area contributed by atoms with Gasteiger partial charge in [-0.1, -0.05) is 19.9 Å². The highest BCUT2D eigenvalue weighted by molar-refractivity contribution is 5.93. The van der Waals surface area contributed by atoms with Gasteiger partial charge in [0.25, 0.3) is 0 Å². The lowest BCUT2D eigenvalue weighted by atomic mass is 9.96. The van der Waals surface area contributed by atoms with Crippen LogP contribution in [0.15, 0.2) is 36.5 Å². The van der Waals surface area contributed by atoms with Gasteiger partial charge in [-0.2, -0.15) is 18.3 Å². The van der Waals surface area contributed by atoms with E-state index in [0.717, 1.165) is 41.1 Å². The summed E-state index contributed by atoms with van der Waals surface area (Å²) in [6.45, 7) is 6.81. The average molecular weight is 376 g/mol. The largest absolute Gasteiger partial charge is 0.495 e. The van der Waals surface area contributed by atoms with E-state index in [1.54, 1.807) is 14.0 Å². The second kappa shape index (κ2) is 7.25. The average Bonchev–Trinajstić information content (AvgIpc) is 3.01. The molecule has 0 unspecified atom stereocenters. The van der Waals surface area contributed by atoms with Crippen LogP contribution < -0.4 is 4.74 Å². The first kappa shape index (κ1) is 19.3. The van der Waals surface area contributed by atoms with E-state index in [4.69, 9.17) is 4.74 Å². The molecule has 0 amide bonds. The standard InChI is InChI=1S/C21H23F3N2O/c1-13(2)9-10-26-12-18-19(25-26)8-7-17(20(18)27-4)16-6-5-15(11-14(16)3)21(22,23)24/h5-8,11-13H,9-10H2,1-4H3.